The zero-order valence-corrected chi connectivity index (χ0v) is 12.3. The van der Waals surface area contributed by atoms with Crippen molar-refractivity contribution in [3.05, 3.63) is 0 Å². The van der Waals surface area contributed by atoms with Crippen molar-refractivity contribution in [1.29, 1.82) is 0 Å². The van der Waals surface area contributed by atoms with Crippen molar-refractivity contribution < 1.29 is 13.2 Å². The fraction of sp³-hybridized carbons (Fsp3) is 1.00. The second kappa shape index (κ2) is 8.09. The molecular formula is C12H26N2O3S. The van der Waals surface area contributed by atoms with Gasteiger partial charge in [0, 0.05) is 39.0 Å². The van der Waals surface area contributed by atoms with Crippen LogP contribution in [0.5, 0.6) is 0 Å². The molecule has 18 heavy (non-hydrogen) atoms. The van der Waals surface area contributed by atoms with Crippen molar-refractivity contribution in [3.8, 4) is 0 Å². The molecule has 1 aliphatic heterocycles. The van der Waals surface area contributed by atoms with Crippen molar-refractivity contribution in [1.82, 2.24) is 10.2 Å². The minimum Gasteiger partial charge on any atom is -0.377 e. The summed E-state index contributed by atoms with van der Waals surface area (Å²) in [4.78, 5) is 2.39. The molecule has 6 heteroatoms. The van der Waals surface area contributed by atoms with Crippen LogP contribution in [0.1, 0.15) is 19.8 Å². The zero-order valence-electron chi connectivity index (χ0n) is 11.5. The van der Waals surface area contributed by atoms with Crippen molar-refractivity contribution in [3.63, 3.8) is 0 Å². The van der Waals surface area contributed by atoms with Crippen molar-refractivity contribution >= 4 is 9.84 Å². The Morgan fingerprint density at radius 1 is 1.39 bits per heavy atom. The molecule has 0 aromatic heterocycles. The summed E-state index contributed by atoms with van der Waals surface area (Å²) in [7, 11) is -2.84. The molecule has 1 atom stereocenters. The van der Waals surface area contributed by atoms with Crippen molar-refractivity contribution in [2.75, 3.05) is 51.3 Å². The Morgan fingerprint density at radius 2 is 2.17 bits per heavy atom. The number of likely N-dealkylation sites (tertiary alicyclic amines) is 1. The lowest BCUT2D eigenvalue weighted by Crippen LogP contribution is -2.43. The monoisotopic (exact) mass is 278 g/mol. The summed E-state index contributed by atoms with van der Waals surface area (Å²) in [5.41, 5.74) is 0. The summed E-state index contributed by atoms with van der Waals surface area (Å²) in [5, 5.41) is 3.17. The van der Waals surface area contributed by atoms with Gasteiger partial charge < -0.3 is 10.1 Å². The van der Waals surface area contributed by atoms with Gasteiger partial charge in [0.05, 0.1) is 11.9 Å². The van der Waals surface area contributed by atoms with E-state index in [9.17, 15) is 8.42 Å². The van der Waals surface area contributed by atoms with E-state index in [0.29, 0.717) is 12.6 Å². The van der Waals surface area contributed by atoms with Crippen LogP contribution >= 0.6 is 0 Å². The van der Waals surface area contributed by atoms with Gasteiger partial charge in [-0.1, -0.05) is 0 Å². The first-order valence-corrected chi connectivity index (χ1v) is 8.79. The normalized spacial score (nSPS) is 22.2. The number of hydrogen-bond acceptors (Lipinski definition) is 5. The Morgan fingerprint density at radius 3 is 2.83 bits per heavy atom. The van der Waals surface area contributed by atoms with Crippen LogP contribution in [0.15, 0.2) is 0 Å². The SMILES string of the molecule is CCOC1CCCN(CCNCCS(C)(=O)=O)C1. The van der Waals surface area contributed by atoms with Crippen molar-refractivity contribution in [2.24, 2.45) is 0 Å². The maximum absolute atomic E-state index is 10.9. The Labute approximate surface area is 111 Å². The molecule has 0 aliphatic carbocycles. The van der Waals surface area contributed by atoms with Crippen molar-refractivity contribution in [2.45, 2.75) is 25.9 Å². The maximum Gasteiger partial charge on any atom is 0.148 e. The topological polar surface area (TPSA) is 58.6 Å². The van der Waals surface area contributed by atoms with E-state index in [1.165, 1.54) is 12.7 Å². The second-order valence-electron chi connectivity index (χ2n) is 4.90. The lowest BCUT2D eigenvalue weighted by atomic mass is 10.1. The number of ether oxygens (including phenoxy) is 1. The lowest BCUT2D eigenvalue weighted by Gasteiger charge is -2.32. The highest BCUT2D eigenvalue weighted by Crippen LogP contribution is 2.12. The van der Waals surface area contributed by atoms with Crippen LogP contribution in [0.4, 0.5) is 0 Å². The molecule has 0 spiro atoms. The van der Waals surface area contributed by atoms with Crippen LogP contribution < -0.4 is 5.32 Å². The van der Waals surface area contributed by atoms with Gasteiger partial charge in [0.15, 0.2) is 0 Å². The second-order valence-corrected chi connectivity index (χ2v) is 7.16. The molecule has 0 saturated carbocycles. The summed E-state index contributed by atoms with van der Waals surface area (Å²) >= 11 is 0. The van der Waals surface area contributed by atoms with E-state index in [4.69, 9.17) is 4.74 Å². The minimum atomic E-state index is -2.84. The van der Waals surface area contributed by atoms with Gasteiger partial charge in [0.2, 0.25) is 0 Å². The number of rotatable bonds is 8. The summed E-state index contributed by atoms with van der Waals surface area (Å²) in [6.45, 7) is 7.29. The third-order valence-corrected chi connectivity index (χ3v) is 4.06. The minimum absolute atomic E-state index is 0.217. The molecule has 5 nitrogen and oxygen atoms in total. The van der Waals surface area contributed by atoms with Crippen LogP contribution in [-0.4, -0.2) is 70.8 Å². The standard InChI is InChI=1S/C12H26N2O3S/c1-3-17-12-5-4-8-14(11-12)9-6-13-7-10-18(2,15)16/h12-13H,3-11H2,1-2H3. The fourth-order valence-corrected chi connectivity index (χ4v) is 2.72. The van der Waals surface area contributed by atoms with Crippen LogP contribution in [0.25, 0.3) is 0 Å². The molecule has 0 amide bonds. The molecule has 0 bridgehead atoms. The third kappa shape index (κ3) is 7.31. The Kier molecular flexibility index (Phi) is 7.14. The van der Waals surface area contributed by atoms with Crippen LogP contribution in [0.3, 0.4) is 0 Å². The van der Waals surface area contributed by atoms with E-state index in [1.54, 1.807) is 0 Å². The molecule has 1 fully saturated rings. The number of nitrogens with zero attached hydrogens (tertiary/aromatic N) is 1. The van der Waals surface area contributed by atoms with Gasteiger partial charge in [0.25, 0.3) is 0 Å². The average Bonchev–Trinajstić information content (AvgIpc) is 2.28. The molecule has 1 rings (SSSR count). The van der Waals surface area contributed by atoms with E-state index in [1.807, 2.05) is 6.92 Å². The van der Waals surface area contributed by atoms with Gasteiger partial charge in [0.1, 0.15) is 9.84 Å². The Bertz CT molecular complexity index is 317. The number of sulfone groups is 1. The van der Waals surface area contributed by atoms with E-state index in [0.717, 1.165) is 39.2 Å². The first-order valence-electron chi connectivity index (χ1n) is 6.73. The molecule has 1 N–H and O–H groups in total. The van der Waals surface area contributed by atoms with Crippen LogP contribution in [-0.2, 0) is 14.6 Å². The summed E-state index contributed by atoms with van der Waals surface area (Å²) in [6.07, 6.45) is 3.99. The fourth-order valence-electron chi connectivity index (χ4n) is 2.21. The molecule has 0 aromatic carbocycles. The highest BCUT2D eigenvalue weighted by atomic mass is 32.2. The quantitative estimate of drug-likeness (QED) is 0.639. The van der Waals surface area contributed by atoms with Gasteiger partial charge >= 0.3 is 0 Å². The molecule has 108 valence electrons. The zero-order chi connectivity index (χ0) is 13.4. The van der Waals surface area contributed by atoms with E-state index in [-0.39, 0.29) is 5.75 Å². The highest BCUT2D eigenvalue weighted by molar-refractivity contribution is 7.90. The summed E-state index contributed by atoms with van der Waals surface area (Å²) in [6, 6.07) is 0. The Balaban J connectivity index is 2.08. The largest absolute Gasteiger partial charge is 0.377 e. The maximum atomic E-state index is 10.9. The molecule has 1 heterocycles. The van der Waals surface area contributed by atoms with Crippen LogP contribution in [0, 0.1) is 0 Å². The summed E-state index contributed by atoms with van der Waals surface area (Å²) in [5.74, 6) is 0.217. The van der Waals surface area contributed by atoms with Gasteiger partial charge in [-0.2, -0.15) is 0 Å². The molecule has 1 unspecified atom stereocenters. The first-order chi connectivity index (χ1) is 8.51. The number of nitrogens with one attached hydrogen (secondary N) is 1. The van der Waals surface area contributed by atoms with Gasteiger partial charge in [-0.25, -0.2) is 8.42 Å². The van der Waals surface area contributed by atoms with E-state index in [2.05, 4.69) is 10.2 Å². The van der Waals surface area contributed by atoms with Crippen LogP contribution in [0.2, 0.25) is 0 Å². The number of hydrogen-bond donors (Lipinski definition) is 1. The average molecular weight is 278 g/mol. The summed E-state index contributed by atoms with van der Waals surface area (Å²) < 4.78 is 27.5. The Hall–Kier alpha value is -0.170. The highest BCUT2D eigenvalue weighted by Gasteiger charge is 2.19. The lowest BCUT2D eigenvalue weighted by molar-refractivity contribution is 0.00640. The first kappa shape index (κ1) is 15.9. The third-order valence-electron chi connectivity index (χ3n) is 3.12. The number of piperidine rings is 1. The van der Waals surface area contributed by atoms with Gasteiger partial charge in [-0.05, 0) is 26.3 Å². The van der Waals surface area contributed by atoms with Gasteiger partial charge in [-0.3, -0.25) is 4.90 Å². The molecule has 1 saturated heterocycles. The predicted molar refractivity (Wildman–Crippen MR) is 73.7 cm³/mol. The molecule has 0 aromatic rings. The van der Waals surface area contributed by atoms with E-state index < -0.39 is 9.84 Å². The van der Waals surface area contributed by atoms with E-state index >= 15 is 0 Å². The molecular weight excluding hydrogens is 252 g/mol. The van der Waals surface area contributed by atoms with Gasteiger partial charge in [-0.15, -0.1) is 0 Å². The molecule has 0 radical (unpaired) electrons. The predicted octanol–water partition coefficient (Wildman–Crippen LogP) is 0.122. The molecule has 1 aliphatic rings. The smallest absolute Gasteiger partial charge is 0.148 e.